The molecule has 8 nitrogen and oxygen atoms in total. The number of nitrogens with zero attached hydrogens (tertiary/aromatic N) is 5. The number of guanidine groups is 1. The van der Waals surface area contributed by atoms with E-state index in [4.69, 9.17) is 9.73 Å². The van der Waals surface area contributed by atoms with Crippen LogP contribution >= 0.6 is 24.0 Å². The minimum atomic E-state index is 0. The standard InChI is InChI=1S/C24H37N7O.HI/c1-4-25-24(27-21-10-11-23-28-22(17-32-3)29-31(23)16-21)26-13-20-12-18(2)30(15-20)14-19-8-6-5-7-9-19;/h5-9,18,20-21H,4,10-17H2,1-3H3,(H2,25,26,27);1H. The summed E-state index contributed by atoms with van der Waals surface area (Å²) >= 11 is 0. The predicted octanol–water partition coefficient (Wildman–Crippen LogP) is 2.82. The fourth-order valence-corrected chi connectivity index (χ4v) is 4.79. The highest BCUT2D eigenvalue weighted by atomic mass is 127. The molecule has 182 valence electrons. The maximum atomic E-state index is 5.17. The van der Waals surface area contributed by atoms with Crippen molar-refractivity contribution in [2.75, 3.05) is 26.7 Å². The number of benzene rings is 1. The number of rotatable bonds is 8. The first-order valence-electron chi connectivity index (χ1n) is 11.9. The van der Waals surface area contributed by atoms with Gasteiger partial charge in [-0.25, -0.2) is 9.67 Å². The Morgan fingerprint density at radius 2 is 2.06 bits per heavy atom. The molecule has 0 bridgehead atoms. The second-order valence-corrected chi connectivity index (χ2v) is 9.02. The maximum Gasteiger partial charge on any atom is 0.191 e. The Hall–Kier alpha value is -1.72. The fraction of sp³-hybridized carbons (Fsp3) is 0.625. The largest absolute Gasteiger partial charge is 0.377 e. The zero-order chi connectivity index (χ0) is 22.3. The van der Waals surface area contributed by atoms with Gasteiger partial charge in [0.05, 0.1) is 6.54 Å². The van der Waals surface area contributed by atoms with Crippen LogP contribution in [-0.4, -0.2) is 64.5 Å². The summed E-state index contributed by atoms with van der Waals surface area (Å²) in [7, 11) is 1.68. The highest BCUT2D eigenvalue weighted by molar-refractivity contribution is 14.0. The van der Waals surface area contributed by atoms with E-state index in [-0.39, 0.29) is 24.0 Å². The number of methoxy groups -OCH3 is 1. The lowest BCUT2D eigenvalue weighted by molar-refractivity contribution is 0.177. The van der Waals surface area contributed by atoms with Crippen LogP contribution in [-0.2, 0) is 30.9 Å². The minimum Gasteiger partial charge on any atom is -0.377 e. The van der Waals surface area contributed by atoms with Crippen molar-refractivity contribution in [1.82, 2.24) is 30.3 Å². The highest BCUT2D eigenvalue weighted by Crippen LogP contribution is 2.25. The summed E-state index contributed by atoms with van der Waals surface area (Å²) in [6, 6.07) is 11.7. The summed E-state index contributed by atoms with van der Waals surface area (Å²) in [6.45, 7) is 9.55. The van der Waals surface area contributed by atoms with Gasteiger partial charge in [-0.1, -0.05) is 30.3 Å². The molecule has 0 radical (unpaired) electrons. The van der Waals surface area contributed by atoms with Gasteiger partial charge in [0.25, 0.3) is 0 Å². The summed E-state index contributed by atoms with van der Waals surface area (Å²) in [6.07, 6.45) is 3.15. The topological polar surface area (TPSA) is 79.6 Å². The van der Waals surface area contributed by atoms with Crippen molar-refractivity contribution < 1.29 is 4.74 Å². The molecule has 1 aromatic carbocycles. The van der Waals surface area contributed by atoms with Gasteiger partial charge in [0.1, 0.15) is 12.4 Å². The van der Waals surface area contributed by atoms with Gasteiger partial charge in [0.15, 0.2) is 11.8 Å². The quantitative estimate of drug-likeness (QED) is 0.290. The average molecular weight is 568 g/mol. The Bertz CT molecular complexity index is 888. The number of aryl methyl sites for hydroxylation is 1. The van der Waals surface area contributed by atoms with E-state index >= 15 is 0 Å². The molecule has 3 heterocycles. The lowest BCUT2D eigenvalue weighted by atomic mass is 10.1. The number of nitrogens with one attached hydrogen (secondary N) is 2. The number of aliphatic imine (C=N–C) groups is 1. The Morgan fingerprint density at radius 3 is 2.82 bits per heavy atom. The van der Waals surface area contributed by atoms with Gasteiger partial charge in [-0.15, -0.1) is 24.0 Å². The highest BCUT2D eigenvalue weighted by Gasteiger charge is 2.29. The third kappa shape index (κ3) is 7.13. The third-order valence-corrected chi connectivity index (χ3v) is 6.39. The summed E-state index contributed by atoms with van der Waals surface area (Å²) < 4.78 is 7.18. The van der Waals surface area contributed by atoms with Crippen LogP contribution in [0.15, 0.2) is 35.3 Å². The molecule has 2 N–H and O–H groups in total. The molecule has 0 amide bonds. The summed E-state index contributed by atoms with van der Waals surface area (Å²) in [5, 5.41) is 11.6. The van der Waals surface area contributed by atoms with E-state index in [9.17, 15) is 0 Å². The van der Waals surface area contributed by atoms with Gasteiger partial charge in [-0.3, -0.25) is 9.89 Å². The molecule has 1 fully saturated rings. The first-order chi connectivity index (χ1) is 15.6. The number of likely N-dealkylation sites (tertiary alicyclic amines) is 1. The van der Waals surface area contributed by atoms with Crippen molar-refractivity contribution in [3.63, 3.8) is 0 Å². The SMILES string of the molecule is CCNC(=NCC1CC(C)N(Cc2ccccc2)C1)NC1CCc2nc(COC)nn2C1.I. The number of hydrogen-bond acceptors (Lipinski definition) is 5. The molecule has 33 heavy (non-hydrogen) atoms. The van der Waals surface area contributed by atoms with E-state index in [0.717, 1.165) is 63.2 Å². The molecular formula is C24H38IN7O. The Kier molecular flexibility index (Phi) is 9.94. The number of halogens is 1. The van der Waals surface area contributed by atoms with Gasteiger partial charge in [0, 0.05) is 51.8 Å². The molecule has 2 aliphatic heterocycles. The van der Waals surface area contributed by atoms with Gasteiger partial charge in [-0.05, 0) is 38.2 Å². The van der Waals surface area contributed by atoms with Gasteiger partial charge in [0.2, 0.25) is 0 Å². The monoisotopic (exact) mass is 567 g/mol. The Balaban J connectivity index is 0.00000306. The molecule has 2 aromatic rings. The lowest BCUT2D eigenvalue weighted by Crippen LogP contribution is -2.47. The van der Waals surface area contributed by atoms with Crippen LogP contribution in [0.3, 0.4) is 0 Å². The van der Waals surface area contributed by atoms with Gasteiger partial charge in [-0.2, -0.15) is 5.10 Å². The number of hydrogen-bond donors (Lipinski definition) is 2. The van der Waals surface area contributed by atoms with Crippen LogP contribution in [0.2, 0.25) is 0 Å². The van der Waals surface area contributed by atoms with E-state index in [1.54, 1.807) is 7.11 Å². The van der Waals surface area contributed by atoms with Crippen molar-refractivity contribution in [3.05, 3.63) is 47.5 Å². The lowest BCUT2D eigenvalue weighted by Gasteiger charge is -2.25. The second kappa shape index (κ2) is 12.7. The Labute approximate surface area is 214 Å². The summed E-state index contributed by atoms with van der Waals surface area (Å²) in [4.78, 5) is 12.1. The third-order valence-electron chi connectivity index (χ3n) is 6.39. The molecule has 0 spiro atoms. The van der Waals surface area contributed by atoms with Crippen LogP contribution < -0.4 is 10.6 Å². The van der Waals surface area contributed by atoms with Crippen molar-refractivity contribution in [3.8, 4) is 0 Å². The molecule has 0 saturated carbocycles. The zero-order valence-corrected chi connectivity index (χ0v) is 22.4. The molecule has 3 unspecified atom stereocenters. The van der Waals surface area contributed by atoms with Crippen LogP contribution in [0.5, 0.6) is 0 Å². The molecule has 2 aliphatic rings. The van der Waals surface area contributed by atoms with E-state index in [1.165, 1.54) is 12.0 Å². The summed E-state index contributed by atoms with van der Waals surface area (Å²) in [5.41, 5.74) is 1.39. The van der Waals surface area contributed by atoms with E-state index < -0.39 is 0 Å². The first kappa shape index (κ1) is 25.9. The van der Waals surface area contributed by atoms with Crippen LogP contribution in [0.1, 0.15) is 43.9 Å². The van der Waals surface area contributed by atoms with Crippen LogP contribution in [0, 0.1) is 5.92 Å². The maximum absolute atomic E-state index is 5.17. The van der Waals surface area contributed by atoms with E-state index in [2.05, 4.69) is 69.8 Å². The van der Waals surface area contributed by atoms with Crippen molar-refractivity contribution >= 4 is 29.9 Å². The smallest absolute Gasteiger partial charge is 0.191 e. The van der Waals surface area contributed by atoms with Crippen LogP contribution in [0.4, 0.5) is 0 Å². The summed E-state index contributed by atoms with van der Waals surface area (Å²) in [5.74, 6) is 3.32. The zero-order valence-electron chi connectivity index (χ0n) is 20.0. The fourth-order valence-electron chi connectivity index (χ4n) is 4.79. The molecule has 3 atom stereocenters. The van der Waals surface area contributed by atoms with E-state index in [0.29, 0.717) is 24.6 Å². The predicted molar refractivity (Wildman–Crippen MR) is 142 cm³/mol. The minimum absolute atomic E-state index is 0. The van der Waals surface area contributed by atoms with Crippen molar-refractivity contribution in [2.24, 2.45) is 10.9 Å². The molecule has 1 saturated heterocycles. The van der Waals surface area contributed by atoms with E-state index in [1.807, 2.05) is 4.68 Å². The van der Waals surface area contributed by atoms with Crippen molar-refractivity contribution in [1.29, 1.82) is 0 Å². The second-order valence-electron chi connectivity index (χ2n) is 9.02. The number of fused-ring (bicyclic) bond motifs is 1. The van der Waals surface area contributed by atoms with Crippen LogP contribution in [0.25, 0.3) is 0 Å². The molecule has 1 aromatic heterocycles. The average Bonchev–Trinajstić information content (AvgIpc) is 3.35. The normalized spacial score (nSPS) is 23.1. The molecule has 9 heteroatoms. The first-order valence-corrected chi connectivity index (χ1v) is 11.9. The van der Waals surface area contributed by atoms with Crippen molar-refractivity contribution in [2.45, 2.75) is 64.9 Å². The molecule has 4 rings (SSSR count). The number of ether oxygens (including phenoxy) is 1. The number of aromatic nitrogens is 3. The van der Waals surface area contributed by atoms with Gasteiger partial charge >= 0.3 is 0 Å². The molecule has 0 aliphatic carbocycles. The van der Waals surface area contributed by atoms with Gasteiger partial charge < -0.3 is 15.4 Å². The molecular weight excluding hydrogens is 529 g/mol. The Morgan fingerprint density at radius 1 is 1.24 bits per heavy atom.